The van der Waals surface area contributed by atoms with Crippen LogP contribution in [0.5, 0.6) is 0 Å². The Kier molecular flexibility index (Phi) is 3.12. The van der Waals surface area contributed by atoms with Gasteiger partial charge >= 0.3 is 0 Å². The second kappa shape index (κ2) is 4.13. The number of hydrogen-bond donors (Lipinski definition) is 1. The van der Waals surface area contributed by atoms with Gasteiger partial charge in [0.05, 0.1) is 5.69 Å². The first-order valence-electron chi connectivity index (χ1n) is 3.84. The topological polar surface area (TPSA) is 24.9 Å². The lowest BCUT2D eigenvalue weighted by atomic mass is 10.2. The number of nitrogens with one attached hydrogen (secondary N) is 1. The van der Waals surface area contributed by atoms with Crippen molar-refractivity contribution in [1.29, 1.82) is 0 Å². The van der Waals surface area contributed by atoms with E-state index in [4.69, 9.17) is 6.42 Å². The first kappa shape index (κ1) is 9.08. The van der Waals surface area contributed by atoms with E-state index >= 15 is 0 Å². The molecule has 0 saturated heterocycles. The van der Waals surface area contributed by atoms with Crippen molar-refractivity contribution < 1.29 is 0 Å². The molecule has 1 heterocycles. The van der Waals surface area contributed by atoms with E-state index in [1.807, 2.05) is 12.3 Å². The first-order chi connectivity index (χ1) is 5.72. The second-order valence-corrected chi connectivity index (χ2v) is 3.61. The molecule has 1 rings (SSSR count). The largest absolute Gasteiger partial charge is 0.358 e. The first-order valence-corrected chi connectivity index (χ1v) is 4.72. The highest BCUT2D eigenvalue weighted by molar-refractivity contribution is 7.13. The second-order valence-electron chi connectivity index (χ2n) is 2.75. The maximum Gasteiger partial charge on any atom is 0.183 e. The number of hydrogen-bond acceptors (Lipinski definition) is 3. The highest BCUT2D eigenvalue weighted by Crippen LogP contribution is 2.15. The van der Waals surface area contributed by atoms with Crippen LogP contribution in [0.1, 0.15) is 19.0 Å². The minimum Gasteiger partial charge on any atom is -0.358 e. The van der Waals surface area contributed by atoms with Crippen LogP contribution in [0.15, 0.2) is 5.38 Å². The van der Waals surface area contributed by atoms with Crippen LogP contribution in [-0.4, -0.2) is 11.0 Å². The van der Waals surface area contributed by atoms with Crippen molar-refractivity contribution in [2.24, 2.45) is 0 Å². The normalized spacial score (nSPS) is 12.1. The fourth-order valence-corrected chi connectivity index (χ4v) is 1.66. The van der Waals surface area contributed by atoms with Crippen molar-refractivity contribution >= 4 is 16.5 Å². The Morgan fingerprint density at radius 2 is 2.58 bits per heavy atom. The highest BCUT2D eigenvalue weighted by atomic mass is 32.1. The van der Waals surface area contributed by atoms with Crippen molar-refractivity contribution in [2.75, 3.05) is 5.32 Å². The molecule has 12 heavy (non-hydrogen) atoms. The van der Waals surface area contributed by atoms with Crippen LogP contribution in [0.2, 0.25) is 0 Å². The van der Waals surface area contributed by atoms with Gasteiger partial charge in [-0.3, -0.25) is 0 Å². The van der Waals surface area contributed by atoms with E-state index < -0.39 is 0 Å². The molecule has 1 N–H and O–H groups in total. The Morgan fingerprint density at radius 3 is 3.08 bits per heavy atom. The summed E-state index contributed by atoms with van der Waals surface area (Å²) >= 11 is 1.61. The Labute approximate surface area is 77.0 Å². The minimum absolute atomic E-state index is 0.306. The molecule has 3 heteroatoms. The number of anilines is 1. The molecule has 1 aromatic heterocycles. The number of aryl methyl sites for hydroxylation is 1. The van der Waals surface area contributed by atoms with E-state index in [0.29, 0.717) is 6.04 Å². The van der Waals surface area contributed by atoms with Gasteiger partial charge in [-0.05, 0) is 13.8 Å². The van der Waals surface area contributed by atoms with Gasteiger partial charge in [0.2, 0.25) is 0 Å². The Morgan fingerprint density at radius 1 is 1.83 bits per heavy atom. The van der Waals surface area contributed by atoms with Gasteiger partial charge in [-0.1, -0.05) is 0 Å². The third-order valence-corrected chi connectivity index (χ3v) is 2.30. The third-order valence-electron chi connectivity index (χ3n) is 1.41. The van der Waals surface area contributed by atoms with E-state index in [9.17, 15) is 0 Å². The zero-order valence-electron chi connectivity index (χ0n) is 7.29. The van der Waals surface area contributed by atoms with Crippen LogP contribution in [0.3, 0.4) is 0 Å². The molecule has 0 aromatic carbocycles. The van der Waals surface area contributed by atoms with E-state index in [0.717, 1.165) is 17.2 Å². The maximum absolute atomic E-state index is 5.18. The van der Waals surface area contributed by atoms with E-state index in [2.05, 4.69) is 23.1 Å². The van der Waals surface area contributed by atoms with Crippen molar-refractivity contribution in [3.05, 3.63) is 11.1 Å². The molecule has 0 fully saturated rings. The molecule has 64 valence electrons. The molecule has 0 saturated carbocycles. The summed E-state index contributed by atoms with van der Waals surface area (Å²) in [4.78, 5) is 4.27. The van der Waals surface area contributed by atoms with Gasteiger partial charge in [0, 0.05) is 17.8 Å². The smallest absolute Gasteiger partial charge is 0.183 e. The fraction of sp³-hybridized carbons (Fsp3) is 0.444. The molecule has 0 amide bonds. The van der Waals surface area contributed by atoms with Gasteiger partial charge in [0.1, 0.15) is 0 Å². The molecule has 1 aromatic rings. The number of terminal acetylenes is 1. The molecule has 0 aliphatic rings. The van der Waals surface area contributed by atoms with Crippen molar-refractivity contribution in [3.8, 4) is 12.3 Å². The number of aromatic nitrogens is 1. The quantitative estimate of drug-likeness (QED) is 0.722. The van der Waals surface area contributed by atoms with E-state index in [-0.39, 0.29) is 0 Å². The van der Waals surface area contributed by atoms with Gasteiger partial charge in [-0.25, -0.2) is 4.98 Å². The molecular formula is C9H12N2S. The Hall–Kier alpha value is -1.01. The molecule has 0 spiro atoms. The van der Waals surface area contributed by atoms with Gasteiger partial charge in [0.25, 0.3) is 0 Å². The van der Waals surface area contributed by atoms with Crippen LogP contribution in [0.4, 0.5) is 5.13 Å². The highest BCUT2D eigenvalue weighted by Gasteiger charge is 2.02. The lowest BCUT2D eigenvalue weighted by Crippen LogP contribution is -2.13. The molecule has 0 radical (unpaired) electrons. The minimum atomic E-state index is 0.306. The van der Waals surface area contributed by atoms with Crippen LogP contribution >= 0.6 is 11.3 Å². The molecule has 0 bridgehead atoms. The summed E-state index contributed by atoms with van der Waals surface area (Å²) in [5.41, 5.74) is 1.05. The summed E-state index contributed by atoms with van der Waals surface area (Å²) in [5.74, 6) is 2.61. The molecule has 1 atom stereocenters. The lowest BCUT2D eigenvalue weighted by molar-refractivity contribution is 0.826. The summed E-state index contributed by atoms with van der Waals surface area (Å²) in [7, 11) is 0. The summed E-state index contributed by atoms with van der Waals surface area (Å²) < 4.78 is 0. The summed E-state index contributed by atoms with van der Waals surface area (Å²) in [6, 6.07) is 0.306. The fourth-order valence-electron chi connectivity index (χ4n) is 0.859. The summed E-state index contributed by atoms with van der Waals surface area (Å²) in [5, 5.41) is 6.20. The zero-order chi connectivity index (χ0) is 8.97. The molecule has 0 aliphatic carbocycles. The van der Waals surface area contributed by atoms with Gasteiger partial charge in [0.15, 0.2) is 5.13 Å². The summed E-state index contributed by atoms with van der Waals surface area (Å²) in [6.07, 6.45) is 5.92. The number of nitrogens with zero attached hydrogens (tertiary/aromatic N) is 1. The third kappa shape index (κ3) is 2.55. The molecular weight excluding hydrogens is 168 g/mol. The Balaban J connectivity index is 2.47. The van der Waals surface area contributed by atoms with Crippen molar-refractivity contribution in [1.82, 2.24) is 4.98 Å². The van der Waals surface area contributed by atoms with Crippen LogP contribution in [0.25, 0.3) is 0 Å². The molecule has 1 unspecified atom stereocenters. The monoisotopic (exact) mass is 180 g/mol. The average molecular weight is 180 g/mol. The van der Waals surface area contributed by atoms with Crippen LogP contribution in [-0.2, 0) is 0 Å². The number of thiazole rings is 1. The molecule has 2 nitrogen and oxygen atoms in total. The molecule has 0 aliphatic heterocycles. The lowest BCUT2D eigenvalue weighted by Gasteiger charge is -2.07. The average Bonchev–Trinajstić information content (AvgIpc) is 2.36. The van der Waals surface area contributed by atoms with Gasteiger partial charge < -0.3 is 5.32 Å². The predicted octanol–water partition coefficient (Wildman–Crippen LogP) is 2.28. The Bertz CT molecular complexity index is 285. The van der Waals surface area contributed by atoms with E-state index in [1.165, 1.54) is 0 Å². The predicted molar refractivity (Wildman–Crippen MR) is 53.4 cm³/mol. The van der Waals surface area contributed by atoms with Crippen LogP contribution < -0.4 is 5.32 Å². The van der Waals surface area contributed by atoms with E-state index in [1.54, 1.807) is 11.3 Å². The van der Waals surface area contributed by atoms with Crippen molar-refractivity contribution in [3.63, 3.8) is 0 Å². The van der Waals surface area contributed by atoms with Crippen LogP contribution in [0, 0.1) is 19.3 Å². The standard InChI is InChI=1S/C9H12N2S/c1-4-5-7(2)10-9-11-8(3)6-12-9/h1,6-7H,5H2,2-3H3,(H,10,11). The van der Waals surface area contributed by atoms with Crippen molar-refractivity contribution in [2.45, 2.75) is 26.3 Å². The SMILES string of the molecule is C#CCC(C)Nc1nc(C)cs1. The maximum atomic E-state index is 5.18. The summed E-state index contributed by atoms with van der Waals surface area (Å²) in [6.45, 7) is 4.03. The number of rotatable bonds is 3. The zero-order valence-corrected chi connectivity index (χ0v) is 8.11. The van der Waals surface area contributed by atoms with Gasteiger partial charge in [-0.15, -0.1) is 23.7 Å². The van der Waals surface area contributed by atoms with Gasteiger partial charge in [-0.2, -0.15) is 0 Å².